The Bertz CT molecular complexity index is 721. The van der Waals surface area contributed by atoms with E-state index >= 15 is 0 Å². The third-order valence-electron chi connectivity index (χ3n) is 4.42. The minimum absolute atomic E-state index is 0.0533. The number of hydrazone groups is 1. The number of amides is 3. The number of carbonyl (C=O) groups excluding carboxylic acids is 3. The summed E-state index contributed by atoms with van der Waals surface area (Å²) in [5.41, 5.74) is 3.32. The Kier molecular flexibility index (Phi) is 5.50. The van der Waals surface area contributed by atoms with Crippen LogP contribution < -0.4 is 10.2 Å². The molecule has 2 aliphatic rings. The monoisotopic (exact) mass is 358 g/mol. The summed E-state index contributed by atoms with van der Waals surface area (Å²) in [6.07, 6.45) is 0.636. The summed E-state index contributed by atoms with van der Waals surface area (Å²) in [7, 11) is 0. The zero-order valence-electron chi connectivity index (χ0n) is 14.7. The molecule has 3 rings (SSSR count). The second-order valence-electron chi connectivity index (χ2n) is 6.14. The number of benzene rings is 1. The number of piperazine rings is 1. The van der Waals surface area contributed by atoms with Gasteiger partial charge in [0.2, 0.25) is 5.91 Å². The van der Waals surface area contributed by atoms with Gasteiger partial charge in [-0.15, -0.1) is 0 Å². The lowest BCUT2D eigenvalue weighted by molar-refractivity contribution is -0.126. The van der Waals surface area contributed by atoms with Crippen LogP contribution in [-0.2, 0) is 9.59 Å². The maximum absolute atomic E-state index is 12.6. The van der Waals surface area contributed by atoms with Crippen molar-refractivity contribution in [3.63, 3.8) is 0 Å². The van der Waals surface area contributed by atoms with Crippen LogP contribution in [0.4, 0.5) is 0 Å². The van der Waals surface area contributed by atoms with Gasteiger partial charge in [0.15, 0.2) is 0 Å². The fourth-order valence-corrected chi connectivity index (χ4v) is 2.97. The first-order valence-electron chi connectivity index (χ1n) is 8.75. The van der Waals surface area contributed by atoms with Gasteiger partial charge >= 0.3 is 0 Å². The highest BCUT2D eigenvalue weighted by molar-refractivity contribution is 6.39. The topological polar surface area (TPSA) is 91.3 Å². The lowest BCUT2D eigenvalue weighted by Gasteiger charge is -2.35. The van der Waals surface area contributed by atoms with Crippen LogP contribution in [-0.4, -0.2) is 66.0 Å². The first kappa shape index (κ1) is 17.9. The molecule has 1 aromatic rings. The number of rotatable bonds is 4. The molecule has 138 valence electrons. The van der Waals surface area contributed by atoms with Gasteiger partial charge in [0.1, 0.15) is 11.5 Å². The highest BCUT2D eigenvalue weighted by Gasteiger charge is 2.28. The van der Waals surface area contributed by atoms with E-state index in [9.17, 15) is 14.4 Å². The molecular formula is C18H22N4O4. The Balaban J connectivity index is 1.55. The van der Waals surface area contributed by atoms with Crippen molar-refractivity contribution in [2.75, 3.05) is 32.8 Å². The van der Waals surface area contributed by atoms with Crippen molar-refractivity contribution in [3.05, 3.63) is 29.8 Å². The molecule has 0 unspecified atom stereocenters. The third kappa shape index (κ3) is 4.01. The molecule has 0 radical (unpaired) electrons. The van der Waals surface area contributed by atoms with Crippen molar-refractivity contribution in [2.45, 2.75) is 19.8 Å². The molecule has 0 aliphatic carbocycles. The molecular weight excluding hydrogens is 336 g/mol. The highest BCUT2D eigenvalue weighted by Crippen LogP contribution is 2.15. The molecule has 1 fully saturated rings. The summed E-state index contributed by atoms with van der Waals surface area (Å²) in [4.78, 5) is 39.6. The Morgan fingerprint density at radius 2 is 1.65 bits per heavy atom. The molecule has 8 nitrogen and oxygen atoms in total. The van der Waals surface area contributed by atoms with Gasteiger partial charge in [-0.05, 0) is 31.2 Å². The lowest BCUT2D eigenvalue weighted by Crippen LogP contribution is -2.52. The van der Waals surface area contributed by atoms with Crippen LogP contribution in [0.2, 0.25) is 0 Å². The molecule has 3 amide bonds. The van der Waals surface area contributed by atoms with E-state index < -0.39 is 0 Å². The molecule has 2 aliphatic heterocycles. The summed E-state index contributed by atoms with van der Waals surface area (Å²) in [5, 5.41) is 3.84. The Labute approximate surface area is 151 Å². The summed E-state index contributed by atoms with van der Waals surface area (Å²) in [5.74, 6) is 0.340. The second kappa shape index (κ2) is 7.99. The average Bonchev–Trinajstić information content (AvgIpc) is 2.68. The summed E-state index contributed by atoms with van der Waals surface area (Å²) < 4.78 is 5.38. The first-order chi connectivity index (χ1) is 12.6. The molecule has 0 spiro atoms. The summed E-state index contributed by atoms with van der Waals surface area (Å²) in [6, 6.07) is 7.08. The van der Waals surface area contributed by atoms with E-state index in [1.165, 1.54) is 0 Å². The van der Waals surface area contributed by atoms with Crippen molar-refractivity contribution in [1.82, 2.24) is 15.2 Å². The quantitative estimate of drug-likeness (QED) is 0.855. The van der Waals surface area contributed by atoms with Crippen LogP contribution in [0.1, 0.15) is 30.1 Å². The van der Waals surface area contributed by atoms with Crippen molar-refractivity contribution in [2.24, 2.45) is 5.10 Å². The Morgan fingerprint density at radius 1 is 1.04 bits per heavy atom. The van der Waals surface area contributed by atoms with E-state index in [4.69, 9.17) is 4.74 Å². The molecule has 0 atom stereocenters. The predicted octanol–water partition coefficient (Wildman–Crippen LogP) is 0.636. The van der Waals surface area contributed by atoms with Crippen molar-refractivity contribution >= 4 is 23.4 Å². The van der Waals surface area contributed by atoms with Gasteiger partial charge in [-0.2, -0.15) is 5.10 Å². The molecule has 0 bridgehead atoms. The fraction of sp³-hybridized carbons (Fsp3) is 0.444. The van der Waals surface area contributed by atoms with Crippen LogP contribution in [0.3, 0.4) is 0 Å². The van der Waals surface area contributed by atoms with Crippen molar-refractivity contribution in [3.8, 4) is 5.75 Å². The molecule has 0 saturated carbocycles. The van der Waals surface area contributed by atoms with Gasteiger partial charge in [0.05, 0.1) is 6.61 Å². The molecule has 1 aromatic carbocycles. The normalized spacial score (nSPS) is 17.4. The molecule has 2 heterocycles. The van der Waals surface area contributed by atoms with E-state index in [1.807, 2.05) is 6.92 Å². The number of hydrogen-bond donors (Lipinski definition) is 1. The van der Waals surface area contributed by atoms with Crippen molar-refractivity contribution < 1.29 is 19.1 Å². The van der Waals surface area contributed by atoms with E-state index in [0.717, 1.165) is 5.75 Å². The molecule has 0 aromatic heterocycles. The van der Waals surface area contributed by atoms with Crippen LogP contribution in [0.5, 0.6) is 5.75 Å². The highest BCUT2D eigenvalue weighted by atomic mass is 16.5. The van der Waals surface area contributed by atoms with Crippen LogP contribution >= 0.6 is 0 Å². The van der Waals surface area contributed by atoms with Gasteiger partial charge < -0.3 is 14.5 Å². The number of hydrogen-bond acceptors (Lipinski definition) is 5. The van der Waals surface area contributed by atoms with Crippen LogP contribution in [0.15, 0.2) is 29.4 Å². The summed E-state index contributed by atoms with van der Waals surface area (Å²) >= 11 is 0. The number of nitrogens with one attached hydrogen (secondary N) is 1. The zero-order chi connectivity index (χ0) is 18.5. The smallest absolute Gasteiger partial charge is 0.270 e. The average molecular weight is 358 g/mol. The van der Waals surface area contributed by atoms with E-state index in [1.54, 1.807) is 34.1 Å². The largest absolute Gasteiger partial charge is 0.494 e. The van der Waals surface area contributed by atoms with Gasteiger partial charge in [-0.1, -0.05) is 0 Å². The van der Waals surface area contributed by atoms with E-state index in [-0.39, 0.29) is 24.1 Å². The number of nitrogens with zero attached hydrogens (tertiary/aromatic N) is 3. The number of carbonyl (C=O) groups is 3. The lowest BCUT2D eigenvalue weighted by atomic mass is 10.1. The minimum atomic E-state index is -0.174. The standard InChI is InChI=1S/C18H22N4O4/c1-2-26-14-5-3-13(4-6-14)17(24)21-9-11-22(12-10-21)18(25)15-7-8-16(23)20-19-15/h3-6H,2,7-12H2,1H3,(H,20,23). The Hall–Kier alpha value is -2.90. The second-order valence-corrected chi connectivity index (χ2v) is 6.14. The Morgan fingerprint density at radius 3 is 2.19 bits per heavy atom. The van der Waals surface area contributed by atoms with E-state index in [0.29, 0.717) is 50.5 Å². The minimum Gasteiger partial charge on any atom is -0.494 e. The number of ether oxygens (including phenoxy) is 1. The van der Waals surface area contributed by atoms with Gasteiger partial charge in [0, 0.05) is 44.6 Å². The molecule has 26 heavy (non-hydrogen) atoms. The molecule has 8 heteroatoms. The predicted molar refractivity (Wildman–Crippen MR) is 94.9 cm³/mol. The van der Waals surface area contributed by atoms with Gasteiger partial charge in [0.25, 0.3) is 11.8 Å². The third-order valence-corrected chi connectivity index (χ3v) is 4.42. The maximum Gasteiger partial charge on any atom is 0.270 e. The van der Waals surface area contributed by atoms with Crippen molar-refractivity contribution in [1.29, 1.82) is 0 Å². The summed E-state index contributed by atoms with van der Waals surface area (Å²) in [6.45, 7) is 4.34. The van der Waals surface area contributed by atoms with Gasteiger partial charge in [-0.25, -0.2) is 5.43 Å². The molecule has 1 N–H and O–H groups in total. The van der Waals surface area contributed by atoms with Crippen LogP contribution in [0.25, 0.3) is 0 Å². The van der Waals surface area contributed by atoms with Gasteiger partial charge in [-0.3, -0.25) is 14.4 Å². The van der Waals surface area contributed by atoms with Crippen LogP contribution in [0, 0.1) is 0 Å². The fourth-order valence-electron chi connectivity index (χ4n) is 2.97. The maximum atomic E-state index is 12.6. The molecule has 1 saturated heterocycles. The first-order valence-corrected chi connectivity index (χ1v) is 8.75. The van der Waals surface area contributed by atoms with E-state index in [2.05, 4.69) is 10.5 Å². The zero-order valence-corrected chi connectivity index (χ0v) is 14.7. The SMILES string of the molecule is CCOc1ccc(C(=O)N2CCN(C(=O)C3=NNC(=O)CC3)CC2)cc1.